The summed E-state index contributed by atoms with van der Waals surface area (Å²) in [6, 6.07) is 6.65. The number of morpholine rings is 1. The minimum absolute atomic E-state index is 0.143. The van der Waals surface area contributed by atoms with Crippen LogP contribution in [-0.4, -0.2) is 48.7 Å². The Labute approximate surface area is 158 Å². The highest BCUT2D eigenvalue weighted by molar-refractivity contribution is 7.89. The van der Waals surface area contributed by atoms with E-state index in [1.54, 1.807) is 31.2 Å². The zero-order chi connectivity index (χ0) is 18.9. The van der Waals surface area contributed by atoms with Gasteiger partial charge in [-0.25, -0.2) is 8.42 Å². The van der Waals surface area contributed by atoms with Crippen LogP contribution in [0.15, 0.2) is 33.6 Å². The molecule has 0 unspecified atom stereocenters. The van der Waals surface area contributed by atoms with Gasteiger partial charge in [-0.1, -0.05) is 0 Å². The third-order valence-corrected chi connectivity index (χ3v) is 6.79. The van der Waals surface area contributed by atoms with Gasteiger partial charge in [0.1, 0.15) is 11.9 Å². The number of sulfonamides is 1. The number of benzene rings is 1. The Kier molecular flexibility index (Phi) is 5.16. The molecule has 8 nitrogen and oxygen atoms in total. The fraction of sp³-hybridized carbons (Fsp3) is 0.556. The quantitative estimate of drug-likeness (QED) is 0.770. The molecule has 0 N–H and O–H groups in total. The molecule has 1 atom stereocenters. The van der Waals surface area contributed by atoms with Crippen molar-refractivity contribution in [3.8, 4) is 5.75 Å². The summed E-state index contributed by atoms with van der Waals surface area (Å²) >= 11 is 0. The average molecular weight is 393 g/mol. The number of aromatic nitrogens is 2. The van der Waals surface area contributed by atoms with Crippen LogP contribution in [0.2, 0.25) is 0 Å². The van der Waals surface area contributed by atoms with Crippen LogP contribution in [0, 0.1) is 6.92 Å². The Morgan fingerprint density at radius 2 is 1.89 bits per heavy atom. The van der Waals surface area contributed by atoms with E-state index in [-0.39, 0.29) is 30.7 Å². The van der Waals surface area contributed by atoms with Crippen LogP contribution >= 0.6 is 0 Å². The second-order valence-corrected chi connectivity index (χ2v) is 8.82. The first-order chi connectivity index (χ1) is 13.0. The first kappa shape index (κ1) is 18.4. The van der Waals surface area contributed by atoms with E-state index < -0.39 is 16.1 Å². The summed E-state index contributed by atoms with van der Waals surface area (Å²) < 4.78 is 44.3. The molecule has 0 spiro atoms. The molecule has 0 amide bonds. The van der Waals surface area contributed by atoms with E-state index in [9.17, 15) is 8.42 Å². The summed E-state index contributed by atoms with van der Waals surface area (Å²) in [7, 11) is -3.63. The van der Waals surface area contributed by atoms with Crippen LogP contribution in [-0.2, 0) is 14.8 Å². The highest BCUT2D eigenvalue weighted by Crippen LogP contribution is 2.28. The van der Waals surface area contributed by atoms with Crippen molar-refractivity contribution in [2.45, 2.75) is 49.7 Å². The maximum atomic E-state index is 13.0. The third-order valence-electron chi connectivity index (χ3n) is 4.91. The van der Waals surface area contributed by atoms with Crippen molar-refractivity contribution in [1.29, 1.82) is 0 Å². The molecule has 2 fully saturated rings. The maximum Gasteiger partial charge on any atom is 0.246 e. The van der Waals surface area contributed by atoms with Gasteiger partial charge in [0.25, 0.3) is 0 Å². The van der Waals surface area contributed by atoms with Crippen molar-refractivity contribution in [2.24, 2.45) is 0 Å². The second kappa shape index (κ2) is 7.57. The van der Waals surface area contributed by atoms with Crippen LogP contribution in [0.25, 0.3) is 0 Å². The molecule has 1 aromatic heterocycles. The predicted octanol–water partition coefficient (Wildman–Crippen LogP) is 2.46. The molecule has 2 aromatic rings. The SMILES string of the molecule is Cc1nnc([C@@H]2CN(S(=O)(=O)c3ccc(OC4CCCC4)cc3)CCO2)o1. The molecular formula is C18H23N3O5S. The summed E-state index contributed by atoms with van der Waals surface area (Å²) in [4.78, 5) is 0.239. The minimum Gasteiger partial charge on any atom is -0.490 e. The van der Waals surface area contributed by atoms with Gasteiger partial charge in [0, 0.05) is 20.0 Å². The molecule has 2 heterocycles. The normalized spacial score (nSPS) is 22.2. The summed E-state index contributed by atoms with van der Waals surface area (Å²) in [5.74, 6) is 1.43. The molecule has 27 heavy (non-hydrogen) atoms. The molecule has 4 rings (SSSR count). The Morgan fingerprint density at radius 1 is 1.15 bits per heavy atom. The highest BCUT2D eigenvalue weighted by Gasteiger charge is 2.34. The molecular weight excluding hydrogens is 370 g/mol. The number of rotatable bonds is 5. The Bertz CT molecular complexity index is 875. The molecule has 1 aromatic carbocycles. The third kappa shape index (κ3) is 3.99. The van der Waals surface area contributed by atoms with Gasteiger partial charge in [0.05, 0.1) is 17.6 Å². The zero-order valence-electron chi connectivity index (χ0n) is 15.2. The number of hydrogen-bond acceptors (Lipinski definition) is 7. The summed E-state index contributed by atoms with van der Waals surface area (Å²) in [6.07, 6.45) is 4.18. The fourth-order valence-corrected chi connectivity index (χ4v) is 4.90. The standard InChI is InChI=1S/C18H23N3O5S/c1-13-19-20-18(25-13)17-12-21(10-11-24-17)27(22,23)16-8-6-15(7-9-16)26-14-4-2-3-5-14/h6-9,14,17H,2-5,10-12H2,1H3/t17-/m0/s1. The Balaban J connectivity index is 1.46. The molecule has 2 aliphatic rings. The molecule has 0 radical (unpaired) electrons. The van der Waals surface area contributed by atoms with E-state index in [1.165, 1.54) is 17.1 Å². The maximum absolute atomic E-state index is 13.0. The van der Waals surface area contributed by atoms with Gasteiger partial charge in [-0.3, -0.25) is 0 Å². The van der Waals surface area contributed by atoms with Gasteiger partial charge in [0.2, 0.25) is 21.8 Å². The molecule has 1 saturated carbocycles. The van der Waals surface area contributed by atoms with E-state index in [2.05, 4.69) is 10.2 Å². The van der Waals surface area contributed by atoms with E-state index in [4.69, 9.17) is 13.9 Å². The summed E-state index contributed by atoms with van der Waals surface area (Å²) in [6.45, 7) is 2.38. The Morgan fingerprint density at radius 3 is 2.56 bits per heavy atom. The molecule has 1 saturated heterocycles. The molecule has 1 aliphatic heterocycles. The molecule has 1 aliphatic carbocycles. The first-order valence-electron chi connectivity index (χ1n) is 9.21. The minimum atomic E-state index is -3.63. The van der Waals surface area contributed by atoms with Crippen LogP contribution < -0.4 is 4.74 Å². The van der Waals surface area contributed by atoms with Gasteiger partial charge in [0.15, 0.2) is 0 Å². The number of nitrogens with zero attached hydrogens (tertiary/aromatic N) is 3. The lowest BCUT2D eigenvalue weighted by molar-refractivity contribution is -0.0176. The zero-order valence-corrected chi connectivity index (χ0v) is 16.0. The highest BCUT2D eigenvalue weighted by atomic mass is 32.2. The molecule has 9 heteroatoms. The van der Waals surface area contributed by atoms with E-state index in [0.29, 0.717) is 17.5 Å². The van der Waals surface area contributed by atoms with Crippen molar-refractivity contribution in [3.05, 3.63) is 36.0 Å². The number of ether oxygens (including phenoxy) is 2. The van der Waals surface area contributed by atoms with Gasteiger partial charge in [-0.2, -0.15) is 4.31 Å². The van der Waals surface area contributed by atoms with Crippen molar-refractivity contribution >= 4 is 10.0 Å². The van der Waals surface area contributed by atoms with Crippen LogP contribution in [0.5, 0.6) is 5.75 Å². The van der Waals surface area contributed by atoms with Crippen LogP contribution in [0.3, 0.4) is 0 Å². The lowest BCUT2D eigenvalue weighted by Gasteiger charge is -2.30. The smallest absolute Gasteiger partial charge is 0.246 e. The van der Waals surface area contributed by atoms with E-state index in [1.807, 2.05) is 0 Å². The average Bonchev–Trinajstić information content (AvgIpc) is 3.34. The molecule has 146 valence electrons. The van der Waals surface area contributed by atoms with Crippen LogP contribution in [0.1, 0.15) is 43.6 Å². The van der Waals surface area contributed by atoms with Crippen LogP contribution in [0.4, 0.5) is 0 Å². The first-order valence-corrected chi connectivity index (χ1v) is 10.6. The monoisotopic (exact) mass is 393 g/mol. The van der Waals surface area contributed by atoms with E-state index in [0.717, 1.165) is 12.8 Å². The fourth-order valence-electron chi connectivity index (χ4n) is 3.47. The molecule has 0 bridgehead atoms. The van der Waals surface area contributed by atoms with Crippen molar-refractivity contribution in [1.82, 2.24) is 14.5 Å². The Hall–Kier alpha value is -1.97. The number of aryl methyl sites for hydroxylation is 1. The largest absolute Gasteiger partial charge is 0.490 e. The summed E-state index contributed by atoms with van der Waals surface area (Å²) in [5, 5.41) is 7.72. The van der Waals surface area contributed by atoms with Gasteiger partial charge >= 0.3 is 0 Å². The lowest BCUT2D eigenvalue weighted by atomic mass is 10.3. The second-order valence-electron chi connectivity index (χ2n) is 6.88. The van der Waals surface area contributed by atoms with Gasteiger partial charge < -0.3 is 13.9 Å². The van der Waals surface area contributed by atoms with Crippen molar-refractivity contribution in [3.63, 3.8) is 0 Å². The summed E-state index contributed by atoms with van der Waals surface area (Å²) in [5.41, 5.74) is 0. The predicted molar refractivity (Wildman–Crippen MR) is 95.8 cm³/mol. The topological polar surface area (TPSA) is 94.8 Å². The van der Waals surface area contributed by atoms with Crippen molar-refractivity contribution < 1.29 is 22.3 Å². The number of hydrogen-bond donors (Lipinski definition) is 0. The van der Waals surface area contributed by atoms with Crippen molar-refractivity contribution in [2.75, 3.05) is 19.7 Å². The van der Waals surface area contributed by atoms with E-state index >= 15 is 0 Å². The van der Waals surface area contributed by atoms with Gasteiger partial charge in [-0.05, 0) is 49.9 Å². The lowest BCUT2D eigenvalue weighted by Crippen LogP contribution is -2.42. The van der Waals surface area contributed by atoms with Gasteiger partial charge in [-0.15, -0.1) is 10.2 Å².